The molecule has 0 atom stereocenters. The summed E-state index contributed by atoms with van der Waals surface area (Å²) in [6, 6.07) is 11.9. The fraction of sp³-hybridized carbons (Fsp3) is 0.0714. The van der Waals surface area contributed by atoms with Gasteiger partial charge in [0.2, 0.25) is 0 Å². The summed E-state index contributed by atoms with van der Waals surface area (Å²) in [5.74, 6) is 0. The van der Waals surface area contributed by atoms with E-state index in [0.717, 1.165) is 26.8 Å². The lowest BCUT2D eigenvalue weighted by Crippen LogP contribution is -1.96. The van der Waals surface area contributed by atoms with Crippen LogP contribution in [0.4, 0.5) is 0 Å². The molecule has 2 nitrogen and oxygen atoms in total. The van der Waals surface area contributed by atoms with Gasteiger partial charge in [-0.1, -0.05) is 29.8 Å². The molecule has 0 fully saturated rings. The number of rotatable bonds is 1. The number of para-hydroxylation sites is 1. The number of nitrogens with one attached hydrogen (secondary N) is 1. The second-order valence-electron chi connectivity index (χ2n) is 4.31. The van der Waals surface area contributed by atoms with Crippen LogP contribution in [0.2, 0.25) is 5.02 Å². The molecular formula is C14H10BrClN2S. The second-order valence-corrected chi connectivity index (χ2v) is 5.89. The first-order valence-corrected chi connectivity index (χ1v) is 7.32. The molecule has 19 heavy (non-hydrogen) atoms. The third-order valence-electron chi connectivity index (χ3n) is 3.08. The largest absolute Gasteiger partial charge is 0.329 e. The fourth-order valence-corrected chi connectivity index (χ4v) is 3.10. The van der Waals surface area contributed by atoms with Crippen LogP contribution < -0.4 is 0 Å². The fourth-order valence-electron chi connectivity index (χ4n) is 2.14. The van der Waals surface area contributed by atoms with E-state index in [0.29, 0.717) is 9.79 Å². The summed E-state index contributed by atoms with van der Waals surface area (Å²) < 4.78 is 3.66. The van der Waals surface area contributed by atoms with Crippen LogP contribution in [0.5, 0.6) is 0 Å². The zero-order valence-electron chi connectivity index (χ0n) is 10.1. The van der Waals surface area contributed by atoms with E-state index in [1.54, 1.807) is 0 Å². The van der Waals surface area contributed by atoms with Gasteiger partial charge in [-0.2, -0.15) is 0 Å². The summed E-state index contributed by atoms with van der Waals surface area (Å²) in [7, 11) is 0. The Labute approximate surface area is 129 Å². The second kappa shape index (κ2) is 4.78. The van der Waals surface area contributed by atoms with E-state index >= 15 is 0 Å². The molecule has 0 amide bonds. The Morgan fingerprint density at radius 2 is 1.95 bits per heavy atom. The van der Waals surface area contributed by atoms with Gasteiger partial charge in [0.15, 0.2) is 4.77 Å². The first-order chi connectivity index (χ1) is 9.09. The van der Waals surface area contributed by atoms with Gasteiger partial charge in [-0.25, -0.2) is 0 Å². The zero-order chi connectivity index (χ0) is 13.6. The highest BCUT2D eigenvalue weighted by atomic mass is 79.9. The minimum absolute atomic E-state index is 0.634. The Hall–Kier alpha value is -1.10. The molecule has 0 saturated heterocycles. The molecule has 0 unspecified atom stereocenters. The van der Waals surface area contributed by atoms with Gasteiger partial charge in [-0.15, -0.1) is 0 Å². The highest BCUT2D eigenvalue weighted by molar-refractivity contribution is 9.10. The Bertz CT molecular complexity index is 835. The minimum Gasteiger partial charge on any atom is -0.329 e. The van der Waals surface area contributed by atoms with Crippen molar-refractivity contribution in [2.75, 3.05) is 0 Å². The summed E-state index contributed by atoms with van der Waals surface area (Å²) in [5.41, 5.74) is 4.01. The molecular weight excluding hydrogens is 344 g/mol. The molecule has 1 N–H and O–H groups in total. The van der Waals surface area contributed by atoms with Gasteiger partial charge in [0.05, 0.1) is 21.7 Å². The van der Waals surface area contributed by atoms with Crippen molar-refractivity contribution < 1.29 is 0 Å². The maximum atomic E-state index is 6.20. The van der Waals surface area contributed by atoms with Crippen LogP contribution in [0, 0.1) is 11.7 Å². The van der Waals surface area contributed by atoms with Crippen molar-refractivity contribution in [2.45, 2.75) is 6.92 Å². The molecule has 2 aromatic carbocycles. The van der Waals surface area contributed by atoms with Crippen LogP contribution in [0.3, 0.4) is 0 Å². The van der Waals surface area contributed by atoms with Crippen LogP contribution >= 0.6 is 39.7 Å². The summed E-state index contributed by atoms with van der Waals surface area (Å²) in [5, 5.41) is 0.672. The van der Waals surface area contributed by atoms with Crippen LogP contribution in [0.1, 0.15) is 5.56 Å². The molecule has 1 aromatic heterocycles. The molecule has 3 aromatic rings. The van der Waals surface area contributed by atoms with E-state index < -0.39 is 0 Å². The van der Waals surface area contributed by atoms with Crippen molar-refractivity contribution in [3.8, 4) is 5.69 Å². The highest BCUT2D eigenvalue weighted by Gasteiger charge is 2.11. The van der Waals surface area contributed by atoms with Crippen molar-refractivity contribution >= 4 is 50.8 Å². The number of aromatic amines is 1. The van der Waals surface area contributed by atoms with E-state index in [1.807, 2.05) is 34.9 Å². The summed E-state index contributed by atoms with van der Waals surface area (Å²) in [6.07, 6.45) is 0. The number of H-pyrrole nitrogens is 1. The number of nitrogens with zero attached hydrogens (tertiary/aromatic N) is 1. The van der Waals surface area contributed by atoms with Gasteiger partial charge < -0.3 is 4.98 Å². The summed E-state index contributed by atoms with van der Waals surface area (Å²) >= 11 is 15.2. The lowest BCUT2D eigenvalue weighted by molar-refractivity contribution is 1.05. The van der Waals surface area contributed by atoms with Crippen molar-refractivity contribution in [3.63, 3.8) is 0 Å². The average molecular weight is 354 g/mol. The number of hydrogen-bond donors (Lipinski definition) is 1. The summed E-state index contributed by atoms with van der Waals surface area (Å²) in [6.45, 7) is 2.05. The minimum atomic E-state index is 0.634. The summed E-state index contributed by atoms with van der Waals surface area (Å²) in [4.78, 5) is 3.17. The number of benzene rings is 2. The molecule has 0 radical (unpaired) electrons. The van der Waals surface area contributed by atoms with Crippen molar-refractivity contribution in [2.24, 2.45) is 0 Å². The van der Waals surface area contributed by atoms with E-state index in [-0.39, 0.29) is 0 Å². The topological polar surface area (TPSA) is 20.7 Å². The molecule has 5 heteroatoms. The molecule has 0 aliphatic carbocycles. The Morgan fingerprint density at radius 1 is 1.21 bits per heavy atom. The quantitative estimate of drug-likeness (QED) is 0.580. The molecule has 96 valence electrons. The number of aromatic nitrogens is 2. The van der Waals surface area contributed by atoms with Gasteiger partial charge in [0, 0.05) is 4.47 Å². The predicted molar refractivity (Wildman–Crippen MR) is 85.9 cm³/mol. The Balaban J connectivity index is 2.44. The smallest absolute Gasteiger partial charge is 0.182 e. The molecule has 0 aliphatic rings. The van der Waals surface area contributed by atoms with Gasteiger partial charge in [-0.3, -0.25) is 4.57 Å². The zero-order valence-corrected chi connectivity index (χ0v) is 13.2. The molecule has 0 bridgehead atoms. The van der Waals surface area contributed by atoms with Crippen molar-refractivity contribution in [1.82, 2.24) is 9.55 Å². The lowest BCUT2D eigenvalue weighted by atomic mass is 10.2. The number of imidazole rings is 1. The van der Waals surface area contributed by atoms with Crippen LogP contribution in [-0.2, 0) is 0 Å². The molecule has 0 spiro atoms. The Kier molecular flexibility index (Phi) is 3.25. The van der Waals surface area contributed by atoms with Gasteiger partial charge in [0.25, 0.3) is 0 Å². The molecule has 1 heterocycles. The van der Waals surface area contributed by atoms with E-state index in [1.165, 1.54) is 0 Å². The lowest BCUT2D eigenvalue weighted by Gasteiger charge is -2.09. The average Bonchev–Trinajstić information content (AvgIpc) is 2.71. The monoisotopic (exact) mass is 352 g/mol. The van der Waals surface area contributed by atoms with Gasteiger partial charge in [-0.05, 0) is 58.8 Å². The van der Waals surface area contributed by atoms with Gasteiger partial charge >= 0.3 is 0 Å². The number of halogens is 2. The SMILES string of the molecule is Cc1cccc(-n2c(=S)[nH]c3c(Cl)cccc32)c1Br. The van der Waals surface area contributed by atoms with Crippen LogP contribution in [0.25, 0.3) is 16.7 Å². The maximum Gasteiger partial charge on any atom is 0.182 e. The highest BCUT2D eigenvalue weighted by Crippen LogP contribution is 2.30. The van der Waals surface area contributed by atoms with Crippen LogP contribution in [0.15, 0.2) is 40.9 Å². The standard InChI is InChI=1S/C14H10BrClN2S/c1-8-4-2-6-10(12(8)15)18-11-7-3-5-9(16)13(11)17-14(18)19/h2-7H,1H3,(H,17,19). The van der Waals surface area contributed by atoms with Gasteiger partial charge in [0.1, 0.15) is 0 Å². The van der Waals surface area contributed by atoms with E-state index in [2.05, 4.69) is 33.9 Å². The normalized spacial score (nSPS) is 11.1. The van der Waals surface area contributed by atoms with E-state index in [4.69, 9.17) is 23.8 Å². The first kappa shape index (κ1) is 12.9. The first-order valence-electron chi connectivity index (χ1n) is 5.74. The Morgan fingerprint density at radius 3 is 2.74 bits per heavy atom. The van der Waals surface area contributed by atoms with Crippen molar-refractivity contribution in [3.05, 3.63) is 56.2 Å². The number of fused-ring (bicyclic) bond motifs is 1. The van der Waals surface area contributed by atoms with E-state index in [9.17, 15) is 0 Å². The predicted octanol–water partition coefficient (Wildman–Crippen LogP) is 5.41. The van der Waals surface area contributed by atoms with Crippen LogP contribution in [-0.4, -0.2) is 9.55 Å². The third kappa shape index (κ3) is 2.04. The van der Waals surface area contributed by atoms with Crippen molar-refractivity contribution in [1.29, 1.82) is 0 Å². The number of hydrogen-bond acceptors (Lipinski definition) is 1. The molecule has 0 saturated carbocycles. The number of aryl methyl sites for hydroxylation is 1. The molecule has 0 aliphatic heterocycles. The maximum absolute atomic E-state index is 6.20. The third-order valence-corrected chi connectivity index (χ3v) is 4.71. The molecule has 3 rings (SSSR count).